The van der Waals surface area contributed by atoms with E-state index in [2.05, 4.69) is 25.4 Å². The van der Waals surface area contributed by atoms with E-state index < -0.39 is 11.5 Å². The van der Waals surface area contributed by atoms with E-state index in [9.17, 15) is 18.9 Å². The zero-order chi connectivity index (χ0) is 17.1. The zero-order valence-corrected chi connectivity index (χ0v) is 11.9. The maximum Gasteiger partial charge on any atom is 0.387 e. The predicted octanol–water partition coefficient (Wildman–Crippen LogP) is 1.42. The zero-order valence-electron chi connectivity index (χ0n) is 11.9. The molecule has 0 aliphatic heterocycles. The van der Waals surface area contributed by atoms with E-state index >= 15 is 0 Å². The van der Waals surface area contributed by atoms with Crippen molar-refractivity contribution in [2.24, 2.45) is 0 Å². The van der Waals surface area contributed by atoms with Gasteiger partial charge in [-0.05, 0) is 34.7 Å². The molecule has 1 aromatic carbocycles. The summed E-state index contributed by atoms with van der Waals surface area (Å²) < 4.78 is 31.2. The summed E-state index contributed by atoms with van der Waals surface area (Å²) in [5, 5.41) is 25.7. The fourth-order valence-corrected chi connectivity index (χ4v) is 1.95. The number of nitro groups is 1. The van der Waals surface area contributed by atoms with Gasteiger partial charge in [0.15, 0.2) is 5.82 Å². The highest BCUT2D eigenvalue weighted by molar-refractivity contribution is 5.37. The average Bonchev–Trinajstić information content (AvgIpc) is 3.17. The third kappa shape index (κ3) is 3.31. The number of aromatic nitrogens is 6. The Labute approximate surface area is 132 Å². The second-order valence-corrected chi connectivity index (χ2v) is 4.53. The van der Waals surface area contributed by atoms with Gasteiger partial charge in [0, 0.05) is 0 Å². The maximum atomic E-state index is 12.1. The third-order valence-electron chi connectivity index (χ3n) is 2.97. The molecule has 0 atom stereocenters. The van der Waals surface area contributed by atoms with Crippen LogP contribution in [-0.2, 0) is 6.54 Å². The molecule has 0 aliphatic carbocycles. The van der Waals surface area contributed by atoms with Gasteiger partial charge in [0.25, 0.3) is 0 Å². The van der Waals surface area contributed by atoms with E-state index in [4.69, 9.17) is 0 Å². The number of nitrogens with zero attached hydrogens (tertiary/aromatic N) is 7. The second kappa shape index (κ2) is 6.36. The standard InChI is InChI=1S/C12H9F2N7O3/c13-12(14)24-10-3-1-8(2-4-10)20-11(16-17-18-20)7-19-6-9(5-15-19)21(22)23/h1-6,12H,7H2. The van der Waals surface area contributed by atoms with Crippen molar-refractivity contribution in [2.45, 2.75) is 13.2 Å². The molecule has 3 aromatic rings. The molecule has 3 rings (SSSR count). The molecule has 0 aliphatic rings. The van der Waals surface area contributed by atoms with Gasteiger partial charge in [-0.2, -0.15) is 18.6 Å². The first kappa shape index (κ1) is 15.5. The molecular formula is C12H9F2N7O3. The minimum atomic E-state index is -2.91. The number of rotatable bonds is 6. The molecule has 0 spiro atoms. The molecule has 0 radical (unpaired) electrons. The lowest BCUT2D eigenvalue weighted by Gasteiger charge is -2.07. The number of halogens is 2. The van der Waals surface area contributed by atoms with Gasteiger partial charge < -0.3 is 4.74 Å². The minimum Gasteiger partial charge on any atom is -0.435 e. The van der Waals surface area contributed by atoms with Gasteiger partial charge in [-0.15, -0.1) is 5.10 Å². The van der Waals surface area contributed by atoms with Crippen LogP contribution in [0.15, 0.2) is 36.7 Å². The molecule has 0 saturated heterocycles. The van der Waals surface area contributed by atoms with Crippen molar-refractivity contribution in [1.82, 2.24) is 30.0 Å². The number of benzene rings is 1. The number of hydrogen-bond donors (Lipinski definition) is 0. The van der Waals surface area contributed by atoms with Crippen molar-refractivity contribution in [3.63, 3.8) is 0 Å². The minimum absolute atomic E-state index is 0.00563. The summed E-state index contributed by atoms with van der Waals surface area (Å²) in [5.41, 5.74) is 0.362. The van der Waals surface area contributed by atoms with Crippen LogP contribution in [0, 0.1) is 10.1 Å². The van der Waals surface area contributed by atoms with Gasteiger partial charge in [0.05, 0.1) is 10.6 Å². The Hall–Kier alpha value is -3.44. The Morgan fingerprint density at radius 3 is 2.67 bits per heavy atom. The average molecular weight is 337 g/mol. The van der Waals surface area contributed by atoms with Crippen molar-refractivity contribution >= 4 is 5.69 Å². The van der Waals surface area contributed by atoms with Crippen LogP contribution in [0.4, 0.5) is 14.5 Å². The third-order valence-corrected chi connectivity index (χ3v) is 2.97. The maximum absolute atomic E-state index is 12.1. The summed E-state index contributed by atoms with van der Waals surface area (Å²) in [6, 6.07) is 5.71. The smallest absolute Gasteiger partial charge is 0.387 e. The predicted molar refractivity (Wildman–Crippen MR) is 73.8 cm³/mol. The van der Waals surface area contributed by atoms with Crippen LogP contribution >= 0.6 is 0 Å². The first-order valence-corrected chi connectivity index (χ1v) is 6.52. The molecule has 0 amide bonds. The van der Waals surface area contributed by atoms with Crippen LogP contribution in [0.1, 0.15) is 5.82 Å². The van der Waals surface area contributed by atoms with Gasteiger partial charge in [-0.1, -0.05) is 0 Å². The Kier molecular flexibility index (Phi) is 4.09. The number of alkyl halides is 2. The van der Waals surface area contributed by atoms with Gasteiger partial charge in [0.2, 0.25) is 0 Å². The molecule has 2 heterocycles. The summed E-state index contributed by atoms with van der Waals surface area (Å²) in [7, 11) is 0. The molecule has 0 bridgehead atoms. The lowest BCUT2D eigenvalue weighted by atomic mass is 10.3. The SMILES string of the molecule is O=[N+]([O-])c1cnn(Cc2nnnn2-c2ccc(OC(F)F)cc2)c1. The first-order valence-electron chi connectivity index (χ1n) is 6.52. The van der Waals surface area contributed by atoms with Crippen molar-refractivity contribution in [2.75, 3.05) is 0 Å². The lowest BCUT2D eigenvalue weighted by Crippen LogP contribution is -2.09. The van der Waals surface area contributed by atoms with Crippen molar-refractivity contribution in [3.05, 3.63) is 52.6 Å². The van der Waals surface area contributed by atoms with Crippen LogP contribution in [-0.4, -0.2) is 41.5 Å². The molecule has 0 N–H and O–H groups in total. The van der Waals surface area contributed by atoms with Crippen LogP contribution in [0.5, 0.6) is 5.75 Å². The molecule has 0 unspecified atom stereocenters. The molecule has 10 nitrogen and oxygen atoms in total. The Morgan fingerprint density at radius 1 is 1.29 bits per heavy atom. The second-order valence-electron chi connectivity index (χ2n) is 4.53. The van der Waals surface area contributed by atoms with Crippen LogP contribution < -0.4 is 4.74 Å². The van der Waals surface area contributed by atoms with Gasteiger partial charge in [0.1, 0.15) is 24.7 Å². The normalized spacial score (nSPS) is 11.0. The number of tetrazole rings is 1. The van der Waals surface area contributed by atoms with Crippen molar-refractivity contribution < 1.29 is 18.4 Å². The van der Waals surface area contributed by atoms with E-state index in [1.54, 1.807) is 0 Å². The quantitative estimate of drug-likeness (QED) is 0.493. The van der Waals surface area contributed by atoms with E-state index in [0.717, 1.165) is 6.20 Å². The molecule has 0 saturated carbocycles. The Morgan fingerprint density at radius 2 is 2.04 bits per heavy atom. The molecule has 12 heteroatoms. The van der Waals surface area contributed by atoms with Crippen LogP contribution in [0.3, 0.4) is 0 Å². The summed E-state index contributed by atoms with van der Waals surface area (Å²) in [6.07, 6.45) is 2.36. The van der Waals surface area contributed by atoms with E-state index in [-0.39, 0.29) is 18.0 Å². The number of hydrogen-bond acceptors (Lipinski definition) is 7. The monoisotopic (exact) mass is 337 g/mol. The molecule has 24 heavy (non-hydrogen) atoms. The highest BCUT2D eigenvalue weighted by Gasteiger charge is 2.13. The number of ether oxygens (including phenoxy) is 1. The molecule has 2 aromatic heterocycles. The van der Waals surface area contributed by atoms with Crippen molar-refractivity contribution in [1.29, 1.82) is 0 Å². The summed E-state index contributed by atoms with van der Waals surface area (Å²) >= 11 is 0. The van der Waals surface area contributed by atoms with Gasteiger partial charge >= 0.3 is 12.3 Å². The lowest BCUT2D eigenvalue weighted by molar-refractivity contribution is -0.385. The van der Waals surface area contributed by atoms with Crippen LogP contribution in [0.25, 0.3) is 5.69 Å². The highest BCUT2D eigenvalue weighted by atomic mass is 19.3. The first-order chi connectivity index (χ1) is 11.5. The molecule has 124 valence electrons. The fraction of sp³-hybridized carbons (Fsp3) is 0.167. The summed E-state index contributed by atoms with van der Waals surface area (Å²) in [6.45, 7) is -2.81. The van der Waals surface area contributed by atoms with E-state index in [0.29, 0.717) is 11.5 Å². The van der Waals surface area contributed by atoms with Gasteiger partial charge in [-0.25, -0.2) is 0 Å². The van der Waals surface area contributed by atoms with Crippen molar-refractivity contribution in [3.8, 4) is 11.4 Å². The summed E-state index contributed by atoms with van der Waals surface area (Å²) in [4.78, 5) is 10.1. The molecule has 0 fully saturated rings. The Bertz CT molecular complexity index is 846. The van der Waals surface area contributed by atoms with E-state index in [1.165, 1.54) is 39.8 Å². The van der Waals surface area contributed by atoms with Crippen LogP contribution in [0.2, 0.25) is 0 Å². The van der Waals surface area contributed by atoms with Gasteiger partial charge in [-0.3, -0.25) is 14.8 Å². The Balaban J connectivity index is 1.80. The largest absolute Gasteiger partial charge is 0.435 e. The fourth-order valence-electron chi connectivity index (χ4n) is 1.95. The summed E-state index contributed by atoms with van der Waals surface area (Å²) in [5.74, 6) is 0.363. The topological polar surface area (TPSA) is 114 Å². The van der Waals surface area contributed by atoms with E-state index in [1.807, 2.05) is 0 Å². The molecular weight excluding hydrogens is 328 g/mol. The highest BCUT2D eigenvalue weighted by Crippen LogP contribution is 2.18.